The van der Waals surface area contributed by atoms with Gasteiger partial charge >= 0.3 is 5.97 Å². The Morgan fingerprint density at radius 1 is 1.21 bits per heavy atom. The van der Waals surface area contributed by atoms with Crippen LogP contribution in [0.5, 0.6) is 0 Å². The average Bonchev–Trinajstić information content (AvgIpc) is 2.51. The predicted molar refractivity (Wildman–Crippen MR) is 78.1 cm³/mol. The molecule has 0 spiro atoms. The van der Waals surface area contributed by atoms with Crippen molar-refractivity contribution < 1.29 is 14.6 Å². The molecule has 0 saturated carbocycles. The van der Waals surface area contributed by atoms with Gasteiger partial charge in [0, 0.05) is 19.2 Å². The second-order valence-electron chi connectivity index (χ2n) is 3.52. The van der Waals surface area contributed by atoms with Crippen molar-refractivity contribution in [3.05, 3.63) is 55.1 Å². The van der Waals surface area contributed by atoms with Crippen LogP contribution in [0, 0.1) is 0 Å². The molecule has 1 saturated heterocycles. The Kier molecular flexibility index (Phi) is 11.3. The maximum Gasteiger partial charge on any atom is 0.327 e. The van der Waals surface area contributed by atoms with Crippen molar-refractivity contribution in [1.29, 1.82) is 0 Å². The maximum absolute atomic E-state index is 9.25. The van der Waals surface area contributed by atoms with Crippen LogP contribution < -0.4 is 5.32 Å². The summed E-state index contributed by atoms with van der Waals surface area (Å²) in [6.07, 6.45) is 2.67. The van der Waals surface area contributed by atoms with E-state index in [2.05, 4.69) is 18.5 Å². The van der Waals surface area contributed by atoms with E-state index in [1.807, 2.05) is 36.4 Å². The lowest BCUT2D eigenvalue weighted by Crippen LogP contribution is -2.30. The van der Waals surface area contributed by atoms with Crippen LogP contribution in [0.3, 0.4) is 0 Å². The molecule has 0 amide bonds. The topological polar surface area (TPSA) is 58.6 Å². The highest BCUT2D eigenvalue weighted by Crippen LogP contribution is 1.97. The van der Waals surface area contributed by atoms with Gasteiger partial charge in [-0.2, -0.15) is 0 Å². The van der Waals surface area contributed by atoms with E-state index in [0.29, 0.717) is 0 Å². The fraction of sp³-hybridized carbons (Fsp3) is 0.267. The van der Waals surface area contributed by atoms with Crippen LogP contribution in [0.25, 0.3) is 6.08 Å². The van der Waals surface area contributed by atoms with Gasteiger partial charge in [-0.05, 0) is 5.56 Å². The quantitative estimate of drug-likeness (QED) is 0.803. The molecule has 4 heteroatoms. The lowest BCUT2D eigenvalue weighted by Gasteiger charge is -2.10. The Balaban J connectivity index is 0.000000265. The molecule has 0 bridgehead atoms. The number of hydrogen-bond donors (Lipinski definition) is 2. The minimum absolute atomic E-state index is 0.833. The number of morpholine rings is 1. The third-order valence-electron chi connectivity index (χ3n) is 2.06. The third-order valence-corrected chi connectivity index (χ3v) is 2.06. The third kappa shape index (κ3) is 12.3. The summed E-state index contributed by atoms with van der Waals surface area (Å²) >= 11 is 0. The molecule has 0 atom stereocenters. The summed E-state index contributed by atoms with van der Waals surface area (Å²) in [7, 11) is 0. The summed E-state index contributed by atoms with van der Waals surface area (Å²) < 4.78 is 5.01. The number of ether oxygens (including phenoxy) is 1. The number of rotatable bonds is 2. The Bertz CT molecular complexity index is 347. The summed E-state index contributed by atoms with van der Waals surface area (Å²) in [5.74, 6) is -0.981. The molecule has 19 heavy (non-hydrogen) atoms. The van der Waals surface area contributed by atoms with Gasteiger partial charge in [-0.1, -0.05) is 49.6 Å². The van der Waals surface area contributed by atoms with Crippen molar-refractivity contribution in [2.24, 2.45) is 0 Å². The molecule has 0 aromatic heterocycles. The van der Waals surface area contributed by atoms with Crippen molar-refractivity contribution in [1.82, 2.24) is 5.32 Å². The molecule has 1 aliphatic rings. The number of aliphatic carboxylic acids is 1. The minimum atomic E-state index is -0.981. The monoisotopic (exact) mass is 263 g/mol. The zero-order valence-corrected chi connectivity index (χ0v) is 11.0. The highest BCUT2D eigenvalue weighted by atomic mass is 16.5. The van der Waals surface area contributed by atoms with E-state index in [9.17, 15) is 4.79 Å². The second-order valence-corrected chi connectivity index (χ2v) is 3.52. The van der Waals surface area contributed by atoms with Crippen molar-refractivity contribution in [2.45, 2.75) is 0 Å². The van der Waals surface area contributed by atoms with E-state index in [1.54, 1.807) is 0 Å². The number of carboxylic acids is 1. The van der Waals surface area contributed by atoms with Crippen molar-refractivity contribution in [2.75, 3.05) is 26.3 Å². The second kappa shape index (κ2) is 12.5. The first-order valence-electron chi connectivity index (χ1n) is 6.02. The zero-order valence-electron chi connectivity index (χ0n) is 11.0. The number of carbonyl (C=O) groups is 1. The number of nitrogens with one attached hydrogen (secondary N) is 1. The Morgan fingerprint density at radius 2 is 1.74 bits per heavy atom. The molecular weight excluding hydrogens is 242 g/mol. The number of carboxylic acid groups (broad SMARTS) is 1. The van der Waals surface area contributed by atoms with E-state index in [0.717, 1.165) is 32.4 Å². The smallest absolute Gasteiger partial charge is 0.327 e. The molecule has 1 aliphatic heterocycles. The van der Waals surface area contributed by atoms with Crippen molar-refractivity contribution in [3.63, 3.8) is 0 Å². The van der Waals surface area contributed by atoms with Crippen LogP contribution in [0.4, 0.5) is 0 Å². The molecule has 0 unspecified atom stereocenters. The first-order chi connectivity index (χ1) is 9.20. The minimum Gasteiger partial charge on any atom is -0.478 e. The fourth-order valence-electron chi connectivity index (χ4n) is 1.10. The van der Waals surface area contributed by atoms with Crippen LogP contribution in [-0.4, -0.2) is 37.4 Å². The summed E-state index contributed by atoms with van der Waals surface area (Å²) in [6.45, 7) is 10.4. The largest absolute Gasteiger partial charge is 0.478 e. The van der Waals surface area contributed by atoms with Gasteiger partial charge in [0.05, 0.1) is 13.2 Å². The van der Waals surface area contributed by atoms with E-state index in [-0.39, 0.29) is 0 Å². The number of hydrogen-bond acceptors (Lipinski definition) is 3. The first-order valence-corrected chi connectivity index (χ1v) is 6.02. The van der Waals surface area contributed by atoms with Crippen LogP contribution in [-0.2, 0) is 9.53 Å². The van der Waals surface area contributed by atoms with Gasteiger partial charge in [0.1, 0.15) is 0 Å². The van der Waals surface area contributed by atoms with Gasteiger partial charge in [0.2, 0.25) is 0 Å². The molecule has 0 radical (unpaired) electrons. The van der Waals surface area contributed by atoms with Gasteiger partial charge in [-0.3, -0.25) is 0 Å². The molecule has 2 rings (SSSR count). The van der Waals surface area contributed by atoms with Crippen LogP contribution in [0.2, 0.25) is 0 Å². The summed E-state index contributed by atoms with van der Waals surface area (Å²) in [4.78, 5) is 9.25. The van der Waals surface area contributed by atoms with Crippen LogP contribution >= 0.6 is 0 Å². The molecule has 1 heterocycles. The SMILES string of the molecule is C1COCCN1.C=CC(=O)O.C=Cc1ccccc1. The van der Waals surface area contributed by atoms with Gasteiger partial charge in [0.15, 0.2) is 0 Å². The van der Waals surface area contributed by atoms with Gasteiger partial charge < -0.3 is 15.2 Å². The molecule has 1 aromatic carbocycles. The van der Waals surface area contributed by atoms with E-state index in [4.69, 9.17) is 9.84 Å². The molecular formula is C15H21NO3. The van der Waals surface area contributed by atoms with Crippen LogP contribution in [0.1, 0.15) is 5.56 Å². The fourth-order valence-corrected chi connectivity index (χ4v) is 1.10. The molecule has 104 valence electrons. The number of benzene rings is 1. The predicted octanol–water partition coefficient (Wildman–Crippen LogP) is 2.19. The van der Waals surface area contributed by atoms with E-state index >= 15 is 0 Å². The summed E-state index contributed by atoms with van der Waals surface area (Å²) in [6, 6.07) is 10.0. The van der Waals surface area contributed by atoms with E-state index < -0.39 is 5.97 Å². The zero-order chi connectivity index (χ0) is 14.3. The normalized spacial score (nSPS) is 12.8. The highest BCUT2D eigenvalue weighted by Gasteiger charge is 1.92. The highest BCUT2D eigenvalue weighted by molar-refractivity contribution is 5.78. The standard InChI is InChI=1S/C8H8.C4H9NO.C3H4O2/c1-2-8-6-4-3-5-7-8;1-3-6-4-2-5-1;1-2-3(4)5/h2-7H,1H2;5H,1-4H2;2H,1H2,(H,4,5). The Hall–Kier alpha value is -1.91. The van der Waals surface area contributed by atoms with E-state index in [1.165, 1.54) is 5.56 Å². The van der Waals surface area contributed by atoms with Gasteiger partial charge in [-0.25, -0.2) is 4.79 Å². The van der Waals surface area contributed by atoms with Crippen LogP contribution in [0.15, 0.2) is 49.6 Å². The Morgan fingerprint density at radius 3 is 1.95 bits per heavy atom. The summed E-state index contributed by atoms with van der Waals surface area (Å²) in [5.41, 5.74) is 1.17. The van der Waals surface area contributed by atoms with Gasteiger partial charge in [0.25, 0.3) is 0 Å². The summed E-state index contributed by atoms with van der Waals surface area (Å²) in [5, 5.41) is 10.8. The van der Waals surface area contributed by atoms with Gasteiger partial charge in [-0.15, -0.1) is 0 Å². The molecule has 4 nitrogen and oxygen atoms in total. The lowest BCUT2D eigenvalue weighted by molar-refractivity contribution is -0.131. The molecule has 1 fully saturated rings. The first kappa shape index (κ1) is 17.1. The van der Waals surface area contributed by atoms with Crippen molar-refractivity contribution in [3.8, 4) is 0 Å². The molecule has 2 N–H and O–H groups in total. The lowest BCUT2D eigenvalue weighted by atomic mass is 10.2. The average molecular weight is 263 g/mol. The molecule has 1 aromatic rings. The Labute approximate surface area is 114 Å². The van der Waals surface area contributed by atoms with Crippen molar-refractivity contribution >= 4 is 12.0 Å². The maximum atomic E-state index is 9.25. The molecule has 0 aliphatic carbocycles.